The fraction of sp³-hybridized carbons (Fsp3) is 0.357. The van der Waals surface area contributed by atoms with Crippen LogP contribution in [0, 0.1) is 17.1 Å². The van der Waals surface area contributed by atoms with E-state index in [1.165, 1.54) is 23.9 Å². The van der Waals surface area contributed by atoms with Gasteiger partial charge in [0.1, 0.15) is 5.82 Å². The lowest BCUT2D eigenvalue weighted by Gasteiger charge is -2.00. The van der Waals surface area contributed by atoms with Crippen molar-refractivity contribution in [1.82, 2.24) is 10.1 Å². The maximum absolute atomic E-state index is 12.8. The summed E-state index contributed by atoms with van der Waals surface area (Å²) in [6.07, 6.45) is 1.19. The Morgan fingerprint density at radius 3 is 2.85 bits per heavy atom. The molecule has 1 unspecified atom stereocenters. The molecule has 0 radical (unpaired) electrons. The molecule has 0 spiro atoms. The average molecular weight is 291 g/mol. The number of benzene rings is 1. The van der Waals surface area contributed by atoms with Crippen molar-refractivity contribution in [3.8, 4) is 6.07 Å². The standard InChI is InChI=1S/C14H14FN3OS/c1-10(3-2-8-16)14-17-13(18-19-14)9-20-12-6-4-11(15)5-7-12/h4-7,10H,2-3,9H2,1H3. The molecule has 1 aromatic carbocycles. The van der Waals surface area contributed by atoms with E-state index in [-0.39, 0.29) is 11.7 Å². The average Bonchev–Trinajstić information content (AvgIpc) is 2.93. The van der Waals surface area contributed by atoms with Crippen LogP contribution in [0.25, 0.3) is 0 Å². The number of rotatable bonds is 6. The molecule has 0 bridgehead atoms. The summed E-state index contributed by atoms with van der Waals surface area (Å²) in [5, 5.41) is 12.5. The van der Waals surface area contributed by atoms with Crippen LogP contribution in [0.2, 0.25) is 0 Å². The van der Waals surface area contributed by atoms with Crippen molar-refractivity contribution < 1.29 is 8.91 Å². The summed E-state index contributed by atoms with van der Waals surface area (Å²) in [7, 11) is 0. The Balaban J connectivity index is 1.89. The molecule has 20 heavy (non-hydrogen) atoms. The summed E-state index contributed by atoms with van der Waals surface area (Å²) in [6.45, 7) is 1.96. The molecule has 4 nitrogen and oxygen atoms in total. The fourth-order valence-corrected chi connectivity index (χ4v) is 2.35. The summed E-state index contributed by atoms with van der Waals surface area (Å²) in [6, 6.07) is 8.39. The van der Waals surface area contributed by atoms with Crippen molar-refractivity contribution in [2.45, 2.75) is 36.3 Å². The molecular weight excluding hydrogens is 277 g/mol. The third-order valence-corrected chi connectivity index (χ3v) is 3.78. The van der Waals surface area contributed by atoms with E-state index in [9.17, 15) is 4.39 Å². The summed E-state index contributed by atoms with van der Waals surface area (Å²) >= 11 is 1.52. The van der Waals surface area contributed by atoms with Crippen molar-refractivity contribution in [3.63, 3.8) is 0 Å². The predicted molar refractivity (Wildman–Crippen MR) is 73.5 cm³/mol. The first-order valence-electron chi connectivity index (χ1n) is 6.27. The molecule has 0 fully saturated rings. The monoisotopic (exact) mass is 291 g/mol. The maximum atomic E-state index is 12.8. The van der Waals surface area contributed by atoms with Crippen molar-refractivity contribution in [1.29, 1.82) is 5.26 Å². The molecule has 104 valence electrons. The second-order valence-electron chi connectivity index (χ2n) is 4.39. The van der Waals surface area contributed by atoms with E-state index < -0.39 is 0 Å². The van der Waals surface area contributed by atoms with Gasteiger partial charge in [0.05, 0.1) is 11.8 Å². The first-order chi connectivity index (χ1) is 9.69. The summed E-state index contributed by atoms with van der Waals surface area (Å²) in [5.74, 6) is 1.59. The highest BCUT2D eigenvalue weighted by Crippen LogP contribution is 2.23. The number of thioether (sulfide) groups is 1. The van der Waals surface area contributed by atoms with Gasteiger partial charge in [-0.3, -0.25) is 0 Å². The van der Waals surface area contributed by atoms with Gasteiger partial charge < -0.3 is 4.52 Å². The van der Waals surface area contributed by atoms with Crippen molar-refractivity contribution >= 4 is 11.8 Å². The number of hydrogen-bond acceptors (Lipinski definition) is 5. The zero-order chi connectivity index (χ0) is 14.4. The Morgan fingerprint density at radius 2 is 2.15 bits per heavy atom. The van der Waals surface area contributed by atoms with Crippen molar-refractivity contribution in [2.75, 3.05) is 0 Å². The highest BCUT2D eigenvalue weighted by Gasteiger charge is 2.14. The molecule has 0 N–H and O–H groups in total. The second kappa shape index (κ2) is 7.06. The van der Waals surface area contributed by atoms with Gasteiger partial charge in [0.15, 0.2) is 5.82 Å². The van der Waals surface area contributed by atoms with Gasteiger partial charge in [0.25, 0.3) is 0 Å². The van der Waals surface area contributed by atoms with Gasteiger partial charge >= 0.3 is 0 Å². The highest BCUT2D eigenvalue weighted by molar-refractivity contribution is 7.98. The molecule has 0 aliphatic rings. The Kier molecular flexibility index (Phi) is 5.13. The second-order valence-corrected chi connectivity index (χ2v) is 5.44. The van der Waals surface area contributed by atoms with Crippen LogP contribution >= 0.6 is 11.8 Å². The highest BCUT2D eigenvalue weighted by atomic mass is 32.2. The zero-order valence-electron chi connectivity index (χ0n) is 11.0. The number of aromatic nitrogens is 2. The van der Waals surface area contributed by atoms with Crippen LogP contribution in [0.5, 0.6) is 0 Å². The van der Waals surface area contributed by atoms with E-state index in [0.717, 1.165) is 4.90 Å². The molecule has 2 aromatic rings. The Labute approximate surface area is 121 Å². The van der Waals surface area contributed by atoms with Crippen LogP contribution in [-0.2, 0) is 5.75 Å². The zero-order valence-corrected chi connectivity index (χ0v) is 11.9. The normalized spacial score (nSPS) is 12.1. The quantitative estimate of drug-likeness (QED) is 0.755. The first-order valence-corrected chi connectivity index (χ1v) is 7.25. The van der Waals surface area contributed by atoms with E-state index >= 15 is 0 Å². The molecule has 6 heteroatoms. The molecule has 0 amide bonds. The van der Waals surface area contributed by atoms with Gasteiger partial charge in [-0.05, 0) is 30.7 Å². The molecular formula is C14H14FN3OS. The van der Waals surface area contributed by atoms with E-state index in [1.807, 2.05) is 6.92 Å². The van der Waals surface area contributed by atoms with Crippen LogP contribution in [0.4, 0.5) is 4.39 Å². The van der Waals surface area contributed by atoms with Crippen LogP contribution in [0.3, 0.4) is 0 Å². The Hall–Kier alpha value is -1.87. The van der Waals surface area contributed by atoms with Gasteiger partial charge in [-0.25, -0.2) is 4.39 Å². The first kappa shape index (κ1) is 14.5. The van der Waals surface area contributed by atoms with Gasteiger partial charge in [0, 0.05) is 17.2 Å². The number of hydrogen-bond donors (Lipinski definition) is 0. The van der Waals surface area contributed by atoms with E-state index in [2.05, 4.69) is 16.2 Å². The topological polar surface area (TPSA) is 62.7 Å². The maximum Gasteiger partial charge on any atom is 0.229 e. The molecule has 2 rings (SSSR count). The third kappa shape index (κ3) is 4.07. The largest absolute Gasteiger partial charge is 0.339 e. The summed E-state index contributed by atoms with van der Waals surface area (Å²) < 4.78 is 18.0. The van der Waals surface area contributed by atoms with Gasteiger partial charge in [0.2, 0.25) is 5.89 Å². The Bertz CT molecular complexity index is 591. The lowest BCUT2D eigenvalue weighted by atomic mass is 10.1. The molecule has 1 heterocycles. The number of nitriles is 1. The van der Waals surface area contributed by atoms with E-state index in [1.54, 1.807) is 12.1 Å². The van der Waals surface area contributed by atoms with E-state index in [0.29, 0.717) is 30.3 Å². The smallest absolute Gasteiger partial charge is 0.229 e. The lowest BCUT2D eigenvalue weighted by Crippen LogP contribution is -1.94. The molecule has 0 saturated carbocycles. The van der Waals surface area contributed by atoms with Crippen LogP contribution in [0.15, 0.2) is 33.7 Å². The minimum Gasteiger partial charge on any atom is -0.339 e. The molecule has 1 aromatic heterocycles. The SMILES string of the molecule is CC(CCC#N)c1nc(CSc2ccc(F)cc2)no1. The van der Waals surface area contributed by atoms with Crippen molar-refractivity contribution in [3.05, 3.63) is 41.8 Å². The lowest BCUT2D eigenvalue weighted by molar-refractivity contribution is 0.351. The van der Waals surface area contributed by atoms with Crippen LogP contribution < -0.4 is 0 Å². The molecule has 0 aliphatic carbocycles. The summed E-state index contributed by atoms with van der Waals surface area (Å²) in [4.78, 5) is 5.27. The van der Waals surface area contributed by atoms with Gasteiger partial charge in [-0.2, -0.15) is 10.2 Å². The summed E-state index contributed by atoms with van der Waals surface area (Å²) in [5.41, 5.74) is 0. The van der Waals surface area contributed by atoms with Gasteiger partial charge in [-0.1, -0.05) is 12.1 Å². The minimum atomic E-state index is -0.248. The van der Waals surface area contributed by atoms with Crippen LogP contribution in [0.1, 0.15) is 37.4 Å². The van der Waals surface area contributed by atoms with E-state index in [4.69, 9.17) is 9.78 Å². The number of halogens is 1. The minimum absolute atomic E-state index is 0.0896. The third-order valence-electron chi connectivity index (χ3n) is 2.78. The van der Waals surface area contributed by atoms with Crippen molar-refractivity contribution in [2.24, 2.45) is 0 Å². The van der Waals surface area contributed by atoms with Crippen LogP contribution in [-0.4, -0.2) is 10.1 Å². The fourth-order valence-electron chi connectivity index (χ4n) is 1.61. The number of nitrogens with zero attached hydrogens (tertiary/aromatic N) is 3. The van der Waals surface area contributed by atoms with Gasteiger partial charge in [-0.15, -0.1) is 11.8 Å². The Morgan fingerprint density at radius 1 is 1.40 bits per heavy atom. The molecule has 1 atom stereocenters. The predicted octanol–water partition coefficient (Wildman–Crippen LogP) is 3.91. The molecule has 0 saturated heterocycles. The molecule has 0 aliphatic heterocycles.